The molecule has 0 spiro atoms. The lowest BCUT2D eigenvalue weighted by Gasteiger charge is -2.41. The summed E-state index contributed by atoms with van der Waals surface area (Å²) in [6.07, 6.45) is 0. The van der Waals surface area contributed by atoms with Crippen LogP contribution in [0.2, 0.25) is 0 Å². The summed E-state index contributed by atoms with van der Waals surface area (Å²) in [5, 5.41) is 18.0. The lowest BCUT2D eigenvalue weighted by molar-refractivity contribution is -0.0547. The lowest BCUT2D eigenvalue weighted by atomic mass is 9.80. The van der Waals surface area contributed by atoms with Crippen LogP contribution in [0, 0.1) is 0 Å². The highest BCUT2D eigenvalue weighted by Crippen LogP contribution is 2.18. The molecule has 0 bridgehead atoms. The van der Waals surface area contributed by atoms with Gasteiger partial charge in [-0.05, 0) is 31.4 Å². The topological polar surface area (TPSA) is 62.2 Å². The normalized spacial score (nSPS) is 18.8. The Balaban J connectivity index is 1.80. The fraction of sp³-hybridized carbons (Fsp3) is 0.571. The Kier molecular flexibility index (Phi) is 5.04. The van der Waals surface area contributed by atoms with Gasteiger partial charge in [-0.25, -0.2) is 0 Å². The maximum absolute atomic E-state index is 9.01. The first kappa shape index (κ1) is 15.3. The second-order valence-corrected chi connectivity index (χ2v) is 5.64. The first-order valence-electron chi connectivity index (χ1n) is 6.91. The van der Waals surface area contributed by atoms with Crippen LogP contribution in [0.25, 0.3) is 0 Å². The molecule has 0 aromatic heterocycles. The molecule has 0 amide bonds. The third-order valence-electron chi connectivity index (χ3n) is 3.63. The molecule has 20 heavy (non-hydrogen) atoms. The molecule has 1 saturated heterocycles. The Morgan fingerprint density at radius 2 is 2.00 bits per heavy atom. The highest BCUT2D eigenvalue weighted by molar-refractivity contribution is 6.58. The second kappa shape index (κ2) is 6.58. The highest BCUT2D eigenvalue weighted by atomic mass is 16.5. The van der Waals surface area contributed by atoms with E-state index >= 15 is 0 Å². The first-order valence-corrected chi connectivity index (χ1v) is 6.91. The van der Waals surface area contributed by atoms with Crippen molar-refractivity contribution in [3.8, 4) is 5.75 Å². The maximum Gasteiger partial charge on any atom is 0.488 e. The van der Waals surface area contributed by atoms with Gasteiger partial charge >= 0.3 is 7.12 Å². The summed E-state index contributed by atoms with van der Waals surface area (Å²) in [4.78, 5) is 2.36. The van der Waals surface area contributed by atoms with Crippen molar-refractivity contribution in [3.05, 3.63) is 24.3 Å². The molecule has 110 valence electrons. The van der Waals surface area contributed by atoms with Gasteiger partial charge < -0.3 is 19.5 Å². The van der Waals surface area contributed by atoms with Crippen molar-refractivity contribution in [3.63, 3.8) is 0 Å². The summed E-state index contributed by atoms with van der Waals surface area (Å²) in [5.74, 6) is 0.737. The van der Waals surface area contributed by atoms with Crippen molar-refractivity contribution < 1.29 is 19.5 Å². The molecule has 1 aliphatic rings. The molecular weight excluding hydrogens is 257 g/mol. The summed E-state index contributed by atoms with van der Waals surface area (Å²) in [6, 6.07) is 6.80. The summed E-state index contributed by atoms with van der Waals surface area (Å²) in [5.41, 5.74) is 0.513. The molecule has 1 heterocycles. The lowest BCUT2D eigenvalue weighted by Crippen LogP contribution is -2.54. The Morgan fingerprint density at radius 1 is 1.30 bits per heavy atom. The van der Waals surface area contributed by atoms with E-state index in [0.717, 1.165) is 32.1 Å². The summed E-state index contributed by atoms with van der Waals surface area (Å²) in [7, 11) is -1.43. The van der Waals surface area contributed by atoms with E-state index in [1.165, 1.54) is 0 Å². The minimum atomic E-state index is -1.43. The molecule has 0 saturated carbocycles. The minimum absolute atomic E-state index is 0.0481. The maximum atomic E-state index is 9.01. The van der Waals surface area contributed by atoms with Crippen LogP contribution >= 0.6 is 0 Å². The van der Waals surface area contributed by atoms with Gasteiger partial charge in [0.05, 0.1) is 13.2 Å². The zero-order valence-corrected chi connectivity index (χ0v) is 12.1. The molecule has 5 nitrogen and oxygen atoms in total. The first-order chi connectivity index (χ1) is 9.49. The van der Waals surface area contributed by atoms with E-state index in [2.05, 4.69) is 18.7 Å². The monoisotopic (exact) mass is 279 g/mol. The van der Waals surface area contributed by atoms with Crippen LogP contribution in [0.1, 0.15) is 13.8 Å². The van der Waals surface area contributed by atoms with Gasteiger partial charge in [0.2, 0.25) is 0 Å². The number of hydrogen-bond donors (Lipinski definition) is 2. The van der Waals surface area contributed by atoms with Crippen molar-refractivity contribution >= 4 is 12.6 Å². The van der Waals surface area contributed by atoms with Crippen LogP contribution in [0.5, 0.6) is 5.75 Å². The van der Waals surface area contributed by atoms with E-state index in [0.29, 0.717) is 12.1 Å². The van der Waals surface area contributed by atoms with Gasteiger partial charge in [-0.1, -0.05) is 12.1 Å². The molecule has 0 radical (unpaired) electrons. The minimum Gasteiger partial charge on any atom is -0.492 e. The average Bonchev–Trinajstić information content (AvgIpc) is 2.41. The van der Waals surface area contributed by atoms with Crippen LogP contribution in [0.4, 0.5) is 0 Å². The van der Waals surface area contributed by atoms with Gasteiger partial charge in [0.1, 0.15) is 12.4 Å². The van der Waals surface area contributed by atoms with Crippen LogP contribution in [-0.4, -0.2) is 60.5 Å². The number of ether oxygens (including phenoxy) is 2. The number of benzene rings is 1. The number of hydrogen-bond acceptors (Lipinski definition) is 5. The largest absolute Gasteiger partial charge is 0.492 e. The van der Waals surface area contributed by atoms with E-state index in [9.17, 15) is 0 Å². The second-order valence-electron chi connectivity index (χ2n) is 5.64. The molecule has 6 heteroatoms. The van der Waals surface area contributed by atoms with Crippen LogP contribution in [0.3, 0.4) is 0 Å². The van der Waals surface area contributed by atoms with Gasteiger partial charge in [-0.2, -0.15) is 0 Å². The zero-order chi connectivity index (χ0) is 14.6. The molecule has 1 aliphatic heterocycles. The van der Waals surface area contributed by atoms with Crippen molar-refractivity contribution in [1.82, 2.24) is 4.90 Å². The van der Waals surface area contributed by atoms with E-state index in [4.69, 9.17) is 19.5 Å². The van der Waals surface area contributed by atoms with E-state index in [-0.39, 0.29) is 5.54 Å². The van der Waals surface area contributed by atoms with Gasteiger partial charge in [-0.3, -0.25) is 4.90 Å². The average molecular weight is 279 g/mol. The standard InChI is InChI=1S/C14H22BNO4/c1-14(2)11-19-9-7-16(14)8-10-20-13-5-3-12(4-6-13)15(17)18/h3-6,17-18H,7-11H2,1-2H3. The molecule has 0 atom stereocenters. The fourth-order valence-corrected chi connectivity index (χ4v) is 2.31. The molecule has 2 N–H and O–H groups in total. The van der Waals surface area contributed by atoms with Crippen LogP contribution in [-0.2, 0) is 4.74 Å². The number of rotatable bonds is 5. The fourth-order valence-electron chi connectivity index (χ4n) is 2.31. The van der Waals surface area contributed by atoms with Crippen molar-refractivity contribution in [2.75, 3.05) is 32.9 Å². The Morgan fingerprint density at radius 3 is 2.60 bits per heavy atom. The highest BCUT2D eigenvalue weighted by Gasteiger charge is 2.29. The molecule has 1 aromatic carbocycles. The quantitative estimate of drug-likeness (QED) is 0.734. The number of morpholine rings is 1. The van der Waals surface area contributed by atoms with E-state index in [1.54, 1.807) is 24.3 Å². The third kappa shape index (κ3) is 3.96. The summed E-state index contributed by atoms with van der Waals surface area (Å²) >= 11 is 0. The molecule has 1 aromatic rings. The Labute approximate surface area is 120 Å². The van der Waals surface area contributed by atoms with Crippen molar-refractivity contribution in [2.24, 2.45) is 0 Å². The molecule has 1 fully saturated rings. The summed E-state index contributed by atoms with van der Waals surface area (Å²) in [6.45, 7) is 8.23. The van der Waals surface area contributed by atoms with Crippen LogP contribution in [0.15, 0.2) is 24.3 Å². The SMILES string of the molecule is CC1(C)COCCN1CCOc1ccc(B(O)O)cc1. The van der Waals surface area contributed by atoms with Gasteiger partial charge in [0.15, 0.2) is 0 Å². The predicted molar refractivity (Wildman–Crippen MR) is 78.2 cm³/mol. The molecule has 2 rings (SSSR count). The van der Waals surface area contributed by atoms with Crippen LogP contribution < -0.4 is 10.2 Å². The molecule has 0 unspecified atom stereocenters. The summed E-state index contributed by atoms with van der Waals surface area (Å²) < 4.78 is 11.2. The smallest absolute Gasteiger partial charge is 0.488 e. The molecular formula is C14H22BNO4. The van der Waals surface area contributed by atoms with Crippen molar-refractivity contribution in [2.45, 2.75) is 19.4 Å². The van der Waals surface area contributed by atoms with E-state index < -0.39 is 7.12 Å². The van der Waals surface area contributed by atoms with Gasteiger partial charge in [0, 0.05) is 18.6 Å². The predicted octanol–water partition coefficient (Wildman–Crippen LogP) is -0.144. The van der Waals surface area contributed by atoms with Gasteiger partial charge in [0.25, 0.3) is 0 Å². The number of nitrogens with zero attached hydrogens (tertiary/aromatic N) is 1. The third-order valence-corrected chi connectivity index (χ3v) is 3.63. The Bertz CT molecular complexity index is 422. The molecule has 0 aliphatic carbocycles. The Hall–Kier alpha value is -1.08. The van der Waals surface area contributed by atoms with Crippen molar-refractivity contribution in [1.29, 1.82) is 0 Å². The zero-order valence-electron chi connectivity index (χ0n) is 12.1. The van der Waals surface area contributed by atoms with E-state index in [1.807, 2.05) is 0 Å². The van der Waals surface area contributed by atoms with Gasteiger partial charge in [-0.15, -0.1) is 0 Å².